The summed E-state index contributed by atoms with van der Waals surface area (Å²) >= 11 is 5.87. The summed E-state index contributed by atoms with van der Waals surface area (Å²) in [6.07, 6.45) is 3.17. The van der Waals surface area contributed by atoms with Crippen LogP contribution >= 0.6 is 11.6 Å². The molecule has 0 radical (unpaired) electrons. The standard InChI is InChI=1S/C13H17ClFNO/c14-12-10(2-1-3-11(12)15)8-16-9-13(4-5-13)6-7-17/h1-3,16-17H,4-9H2. The highest BCUT2D eigenvalue weighted by Gasteiger charge is 2.41. The summed E-state index contributed by atoms with van der Waals surface area (Å²) in [7, 11) is 0. The van der Waals surface area contributed by atoms with Crippen LogP contribution in [0.2, 0.25) is 5.02 Å². The van der Waals surface area contributed by atoms with Crippen molar-refractivity contribution < 1.29 is 9.50 Å². The van der Waals surface area contributed by atoms with E-state index < -0.39 is 0 Å². The van der Waals surface area contributed by atoms with Gasteiger partial charge in [-0.05, 0) is 36.3 Å². The molecule has 1 aliphatic carbocycles. The molecule has 17 heavy (non-hydrogen) atoms. The third-order valence-electron chi connectivity index (χ3n) is 3.45. The average Bonchev–Trinajstić information content (AvgIpc) is 3.05. The second-order valence-electron chi connectivity index (χ2n) is 4.79. The van der Waals surface area contributed by atoms with Crippen molar-refractivity contribution in [2.45, 2.75) is 25.8 Å². The van der Waals surface area contributed by atoms with Gasteiger partial charge in [-0.15, -0.1) is 0 Å². The minimum Gasteiger partial charge on any atom is -0.396 e. The van der Waals surface area contributed by atoms with Gasteiger partial charge in [-0.1, -0.05) is 23.7 Å². The van der Waals surface area contributed by atoms with Gasteiger partial charge >= 0.3 is 0 Å². The monoisotopic (exact) mass is 257 g/mol. The third kappa shape index (κ3) is 3.18. The predicted molar refractivity (Wildman–Crippen MR) is 66.5 cm³/mol. The Bertz CT molecular complexity index is 393. The second-order valence-corrected chi connectivity index (χ2v) is 5.17. The molecule has 0 bridgehead atoms. The molecule has 4 heteroatoms. The predicted octanol–water partition coefficient (Wildman–Crippen LogP) is 2.73. The average molecular weight is 258 g/mol. The van der Waals surface area contributed by atoms with Crippen LogP contribution in [0.4, 0.5) is 4.39 Å². The molecule has 0 aromatic heterocycles. The first-order chi connectivity index (χ1) is 8.17. The molecule has 0 atom stereocenters. The summed E-state index contributed by atoms with van der Waals surface area (Å²) < 4.78 is 13.2. The molecule has 0 aliphatic heterocycles. The van der Waals surface area contributed by atoms with Crippen LogP contribution in [-0.4, -0.2) is 18.3 Å². The molecular weight excluding hydrogens is 241 g/mol. The van der Waals surface area contributed by atoms with E-state index in [-0.39, 0.29) is 22.9 Å². The maximum atomic E-state index is 13.2. The first-order valence-corrected chi connectivity index (χ1v) is 6.29. The normalized spacial score (nSPS) is 17.1. The molecule has 0 heterocycles. The zero-order valence-corrected chi connectivity index (χ0v) is 10.4. The van der Waals surface area contributed by atoms with Crippen molar-refractivity contribution in [3.63, 3.8) is 0 Å². The van der Waals surface area contributed by atoms with Crippen LogP contribution in [0, 0.1) is 11.2 Å². The first kappa shape index (κ1) is 12.8. The molecular formula is C13H17ClFNO. The molecule has 0 unspecified atom stereocenters. The number of aliphatic hydroxyl groups excluding tert-OH is 1. The van der Waals surface area contributed by atoms with E-state index in [1.54, 1.807) is 6.07 Å². The smallest absolute Gasteiger partial charge is 0.142 e. The Morgan fingerprint density at radius 2 is 2.18 bits per heavy atom. The highest BCUT2D eigenvalue weighted by molar-refractivity contribution is 6.31. The van der Waals surface area contributed by atoms with Crippen molar-refractivity contribution in [1.29, 1.82) is 0 Å². The van der Waals surface area contributed by atoms with E-state index in [0.29, 0.717) is 6.54 Å². The first-order valence-electron chi connectivity index (χ1n) is 5.91. The lowest BCUT2D eigenvalue weighted by atomic mass is 10.0. The quantitative estimate of drug-likeness (QED) is 0.821. The Hall–Kier alpha value is -0.640. The van der Waals surface area contributed by atoms with E-state index in [9.17, 15) is 4.39 Å². The number of nitrogens with one attached hydrogen (secondary N) is 1. The largest absolute Gasteiger partial charge is 0.396 e. The molecule has 1 aromatic rings. The van der Waals surface area contributed by atoms with Crippen molar-refractivity contribution in [1.82, 2.24) is 5.32 Å². The van der Waals surface area contributed by atoms with E-state index in [0.717, 1.165) is 31.4 Å². The molecule has 2 rings (SSSR count). The van der Waals surface area contributed by atoms with Crippen LogP contribution in [0.1, 0.15) is 24.8 Å². The summed E-state index contributed by atoms with van der Waals surface area (Å²) in [5, 5.41) is 12.4. The van der Waals surface area contributed by atoms with E-state index in [4.69, 9.17) is 16.7 Å². The molecule has 1 fully saturated rings. The molecule has 1 aromatic carbocycles. The number of rotatable bonds is 6. The van der Waals surface area contributed by atoms with E-state index in [1.807, 2.05) is 6.07 Å². The van der Waals surface area contributed by atoms with Crippen LogP contribution < -0.4 is 5.32 Å². The fourth-order valence-corrected chi connectivity index (χ4v) is 2.27. The highest BCUT2D eigenvalue weighted by atomic mass is 35.5. The molecule has 2 N–H and O–H groups in total. The summed E-state index contributed by atoms with van der Waals surface area (Å²) in [5.74, 6) is -0.373. The zero-order valence-electron chi connectivity index (χ0n) is 9.68. The van der Waals surface area contributed by atoms with Gasteiger partial charge in [0.2, 0.25) is 0 Å². The van der Waals surface area contributed by atoms with Crippen LogP contribution in [0.15, 0.2) is 18.2 Å². The fourth-order valence-electron chi connectivity index (χ4n) is 2.08. The SMILES string of the molecule is OCCC1(CNCc2cccc(F)c2Cl)CC1. The topological polar surface area (TPSA) is 32.3 Å². The zero-order chi connectivity index (χ0) is 12.3. The van der Waals surface area contributed by atoms with Gasteiger partial charge in [-0.25, -0.2) is 4.39 Å². The molecule has 1 aliphatic rings. The Morgan fingerprint density at radius 3 is 2.82 bits per heavy atom. The van der Waals surface area contributed by atoms with Gasteiger partial charge in [-0.2, -0.15) is 0 Å². The molecule has 0 amide bonds. The number of hydrogen-bond donors (Lipinski definition) is 2. The Labute approximate surface area is 106 Å². The van der Waals surface area contributed by atoms with Crippen LogP contribution in [0.3, 0.4) is 0 Å². The van der Waals surface area contributed by atoms with Gasteiger partial charge in [0.25, 0.3) is 0 Å². The number of benzene rings is 1. The second kappa shape index (κ2) is 5.34. The summed E-state index contributed by atoms with van der Waals surface area (Å²) in [6, 6.07) is 4.85. The van der Waals surface area contributed by atoms with Gasteiger partial charge in [-0.3, -0.25) is 0 Å². The Kier molecular flexibility index (Phi) is 4.02. The fraction of sp³-hybridized carbons (Fsp3) is 0.538. The van der Waals surface area contributed by atoms with Gasteiger partial charge in [0, 0.05) is 19.7 Å². The molecule has 0 spiro atoms. The van der Waals surface area contributed by atoms with E-state index in [2.05, 4.69) is 5.32 Å². The molecule has 94 valence electrons. The third-order valence-corrected chi connectivity index (χ3v) is 3.87. The minimum atomic E-state index is -0.373. The lowest BCUT2D eigenvalue weighted by Crippen LogP contribution is -2.24. The van der Waals surface area contributed by atoms with Crippen molar-refractivity contribution in [3.05, 3.63) is 34.6 Å². The Balaban J connectivity index is 1.84. The number of halogens is 2. The van der Waals surface area contributed by atoms with Crippen LogP contribution in [0.25, 0.3) is 0 Å². The van der Waals surface area contributed by atoms with Crippen LogP contribution in [-0.2, 0) is 6.54 Å². The maximum absolute atomic E-state index is 13.2. The van der Waals surface area contributed by atoms with E-state index in [1.165, 1.54) is 6.07 Å². The number of hydrogen-bond acceptors (Lipinski definition) is 2. The molecule has 1 saturated carbocycles. The summed E-state index contributed by atoms with van der Waals surface area (Å²) in [5.41, 5.74) is 1.06. The van der Waals surface area contributed by atoms with Crippen molar-refractivity contribution >= 4 is 11.6 Å². The highest BCUT2D eigenvalue weighted by Crippen LogP contribution is 2.47. The van der Waals surface area contributed by atoms with Crippen molar-refractivity contribution in [3.8, 4) is 0 Å². The van der Waals surface area contributed by atoms with Gasteiger partial charge in [0.15, 0.2) is 0 Å². The maximum Gasteiger partial charge on any atom is 0.142 e. The van der Waals surface area contributed by atoms with Gasteiger partial charge in [0.1, 0.15) is 5.82 Å². The molecule has 0 saturated heterocycles. The Morgan fingerprint density at radius 1 is 1.41 bits per heavy atom. The lowest BCUT2D eigenvalue weighted by Gasteiger charge is -2.15. The summed E-state index contributed by atoms with van der Waals surface area (Å²) in [4.78, 5) is 0. The summed E-state index contributed by atoms with van der Waals surface area (Å²) in [6.45, 7) is 1.67. The number of aliphatic hydroxyl groups is 1. The van der Waals surface area contributed by atoms with Crippen molar-refractivity contribution in [2.24, 2.45) is 5.41 Å². The van der Waals surface area contributed by atoms with Gasteiger partial charge in [0.05, 0.1) is 5.02 Å². The van der Waals surface area contributed by atoms with Crippen molar-refractivity contribution in [2.75, 3.05) is 13.2 Å². The molecule has 2 nitrogen and oxygen atoms in total. The van der Waals surface area contributed by atoms with E-state index >= 15 is 0 Å². The minimum absolute atomic E-state index is 0.201. The van der Waals surface area contributed by atoms with Gasteiger partial charge < -0.3 is 10.4 Å². The lowest BCUT2D eigenvalue weighted by molar-refractivity contribution is 0.245. The van der Waals surface area contributed by atoms with Crippen LogP contribution in [0.5, 0.6) is 0 Å².